The molecule has 1 aromatic heterocycles. The topological polar surface area (TPSA) is 84.7 Å². The summed E-state index contributed by atoms with van der Waals surface area (Å²) in [6, 6.07) is 5.70. The van der Waals surface area contributed by atoms with Crippen LogP contribution >= 0.6 is 11.6 Å². The third kappa shape index (κ3) is 4.56. The minimum atomic E-state index is -0.310. The lowest BCUT2D eigenvalue weighted by atomic mass is 10.1. The van der Waals surface area contributed by atoms with Gasteiger partial charge in [-0.05, 0) is 49.9 Å². The summed E-state index contributed by atoms with van der Waals surface area (Å²) in [5.41, 5.74) is 2.07. The number of carbonyl (C=O) groups excluding carboxylic acids is 2. The minimum absolute atomic E-state index is 0.151. The number of hydrogen-bond donors (Lipinski definition) is 1. The van der Waals surface area contributed by atoms with Gasteiger partial charge in [-0.25, -0.2) is 0 Å². The van der Waals surface area contributed by atoms with E-state index < -0.39 is 0 Å². The molecule has 154 valence electrons. The van der Waals surface area contributed by atoms with E-state index in [0.29, 0.717) is 30.5 Å². The molecule has 1 unspecified atom stereocenters. The Bertz CT molecular complexity index is 915. The highest BCUT2D eigenvalue weighted by atomic mass is 35.5. The van der Waals surface area contributed by atoms with Gasteiger partial charge < -0.3 is 19.5 Å². The maximum absolute atomic E-state index is 12.3. The first kappa shape index (κ1) is 19.8. The summed E-state index contributed by atoms with van der Waals surface area (Å²) in [7, 11) is 0. The molecule has 1 atom stereocenters. The van der Waals surface area contributed by atoms with Crippen molar-refractivity contribution in [3.05, 3.63) is 45.8 Å². The zero-order chi connectivity index (χ0) is 20.5. The zero-order valence-electron chi connectivity index (χ0n) is 16.5. The van der Waals surface area contributed by atoms with Gasteiger partial charge in [-0.3, -0.25) is 9.59 Å². The SMILES string of the molecule is Cc1cc(OCc2cc(C(=O)NCC3CC(=O)N(C4CC4)C3)no2)cc(C)c1Cl. The van der Waals surface area contributed by atoms with Crippen LogP contribution in [0.25, 0.3) is 0 Å². The van der Waals surface area contributed by atoms with Crippen molar-refractivity contribution in [1.82, 2.24) is 15.4 Å². The lowest BCUT2D eigenvalue weighted by Gasteiger charge is -2.15. The van der Waals surface area contributed by atoms with Gasteiger partial charge in [-0.1, -0.05) is 16.8 Å². The van der Waals surface area contributed by atoms with Gasteiger partial charge in [-0.2, -0.15) is 0 Å². The van der Waals surface area contributed by atoms with Crippen LogP contribution in [0.2, 0.25) is 5.02 Å². The molecule has 1 saturated carbocycles. The van der Waals surface area contributed by atoms with Crippen molar-refractivity contribution in [2.75, 3.05) is 13.1 Å². The van der Waals surface area contributed by atoms with Crippen LogP contribution in [-0.2, 0) is 11.4 Å². The second-order valence-electron chi connectivity index (χ2n) is 7.90. The first-order valence-electron chi connectivity index (χ1n) is 9.83. The number of rotatable bonds is 7. The van der Waals surface area contributed by atoms with Crippen molar-refractivity contribution in [1.29, 1.82) is 0 Å². The van der Waals surface area contributed by atoms with Crippen molar-refractivity contribution in [3.8, 4) is 5.75 Å². The molecule has 2 heterocycles. The van der Waals surface area contributed by atoms with Gasteiger partial charge in [0.15, 0.2) is 11.5 Å². The van der Waals surface area contributed by atoms with Crippen LogP contribution in [-0.4, -0.2) is 41.0 Å². The third-order valence-electron chi connectivity index (χ3n) is 5.36. The third-order valence-corrected chi connectivity index (χ3v) is 5.96. The Morgan fingerprint density at radius 3 is 2.72 bits per heavy atom. The number of aromatic nitrogens is 1. The second-order valence-corrected chi connectivity index (χ2v) is 8.27. The summed E-state index contributed by atoms with van der Waals surface area (Å²) < 4.78 is 10.9. The lowest BCUT2D eigenvalue weighted by molar-refractivity contribution is -0.128. The number of ether oxygens (including phenoxy) is 1. The molecule has 2 aliphatic rings. The molecule has 1 aromatic carbocycles. The van der Waals surface area contributed by atoms with Crippen molar-refractivity contribution < 1.29 is 18.8 Å². The molecule has 29 heavy (non-hydrogen) atoms. The summed E-state index contributed by atoms with van der Waals surface area (Å²) in [6.07, 6.45) is 2.70. The van der Waals surface area contributed by atoms with Crippen LogP contribution in [0, 0.1) is 19.8 Å². The van der Waals surface area contributed by atoms with Crippen LogP contribution in [0.1, 0.15) is 46.6 Å². The van der Waals surface area contributed by atoms with Gasteiger partial charge in [0.05, 0.1) is 0 Å². The van der Waals surface area contributed by atoms with Crippen LogP contribution in [0.3, 0.4) is 0 Å². The predicted octanol–water partition coefficient (Wildman–Crippen LogP) is 3.26. The molecule has 4 rings (SSSR count). The zero-order valence-corrected chi connectivity index (χ0v) is 17.3. The van der Waals surface area contributed by atoms with E-state index >= 15 is 0 Å². The van der Waals surface area contributed by atoms with Crippen molar-refractivity contribution in [2.45, 2.75) is 45.8 Å². The van der Waals surface area contributed by atoms with E-state index in [1.807, 2.05) is 30.9 Å². The van der Waals surface area contributed by atoms with Gasteiger partial charge in [0.2, 0.25) is 5.91 Å². The highest BCUT2D eigenvalue weighted by Gasteiger charge is 2.39. The van der Waals surface area contributed by atoms with Gasteiger partial charge in [0.1, 0.15) is 12.4 Å². The summed E-state index contributed by atoms with van der Waals surface area (Å²) in [5, 5.41) is 7.40. The van der Waals surface area contributed by atoms with E-state index in [-0.39, 0.29) is 30.0 Å². The summed E-state index contributed by atoms with van der Waals surface area (Å²) >= 11 is 6.17. The second kappa shape index (κ2) is 8.06. The van der Waals surface area contributed by atoms with Crippen LogP contribution in [0.5, 0.6) is 5.75 Å². The largest absolute Gasteiger partial charge is 0.486 e. The Morgan fingerprint density at radius 1 is 1.31 bits per heavy atom. The first-order valence-corrected chi connectivity index (χ1v) is 10.2. The average Bonchev–Trinajstić information content (AvgIpc) is 3.30. The molecule has 0 spiro atoms. The number of nitrogens with zero attached hydrogens (tertiary/aromatic N) is 2. The standard InChI is InChI=1S/C21H24ClN3O4/c1-12-5-16(6-13(2)20(12)22)28-11-17-8-18(24-29-17)21(27)23-9-14-7-19(26)25(10-14)15-3-4-15/h5-6,8,14-15H,3-4,7,9-11H2,1-2H3,(H,23,27). The van der Waals surface area contributed by atoms with Crippen LogP contribution in [0.4, 0.5) is 0 Å². The average molecular weight is 418 g/mol. The summed E-state index contributed by atoms with van der Waals surface area (Å²) in [4.78, 5) is 26.3. The molecule has 2 aromatic rings. The molecule has 7 nitrogen and oxygen atoms in total. The van der Waals surface area contributed by atoms with E-state index in [2.05, 4.69) is 10.5 Å². The maximum Gasteiger partial charge on any atom is 0.273 e. The monoisotopic (exact) mass is 417 g/mol. The molecule has 0 radical (unpaired) electrons. The van der Waals surface area contributed by atoms with Gasteiger partial charge in [0.25, 0.3) is 5.91 Å². The van der Waals surface area contributed by atoms with E-state index in [0.717, 1.165) is 35.5 Å². The quantitative estimate of drug-likeness (QED) is 0.747. The molecule has 1 aliphatic carbocycles. The van der Waals surface area contributed by atoms with Gasteiger partial charge in [-0.15, -0.1) is 0 Å². The molecular formula is C21H24ClN3O4. The molecule has 0 bridgehead atoms. The number of carbonyl (C=O) groups is 2. The smallest absolute Gasteiger partial charge is 0.273 e. The van der Waals surface area contributed by atoms with E-state index in [1.165, 1.54) is 0 Å². The number of halogens is 1. The lowest BCUT2D eigenvalue weighted by Crippen LogP contribution is -2.32. The van der Waals surface area contributed by atoms with Crippen molar-refractivity contribution in [2.24, 2.45) is 5.92 Å². The highest BCUT2D eigenvalue weighted by Crippen LogP contribution is 2.32. The number of amides is 2. The Hall–Kier alpha value is -2.54. The molecule has 2 fully saturated rings. The molecule has 1 N–H and O–H groups in total. The summed E-state index contributed by atoms with van der Waals surface area (Å²) in [5.74, 6) is 1.17. The molecule has 2 amide bonds. The number of nitrogens with one attached hydrogen (secondary N) is 1. The van der Waals surface area contributed by atoms with E-state index in [1.54, 1.807) is 6.07 Å². The van der Waals surface area contributed by atoms with Crippen molar-refractivity contribution in [3.63, 3.8) is 0 Å². The van der Waals surface area contributed by atoms with Gasteiger partial charge in [0, 0.05) is 42.6 Å². The fraction of sp³-hybridized carbons (Fsp3) is 0.476. The Balaban J connectivity index is 1.27. The molecule has 1 aliphatic heterocycles. The Labute approximate surface area is 174 Å². The van der Waals surface area contributed by atoms with Gasteiger partial charge >= 0.3 is 0 Å². The predicted molar refractivity (Wildman–Crippen MR) is 107 cm³/mol. The fourth-order valence-corrected chi connectivity index (χ4v) is 3.75. The van der Waals surface area contributed by atoms with E-state index in [4.69, 9.17) is 20.9 Å². The first-order chi connectivity index (χ1) is 13.9. The number of hydrogen-bond acceptors (Lipinski definition) is 5. The number of likely N-dealkylation sites (tertiary alicyclic amines) is 1. The normalized spacial score (nSPS) is 18.9. The Morgan fingerprint density at radius 2 is 2.03 bits per heavy atom. The molecule has 1 saturated heterocycles. The fourth-order valence-electron chi connectivity index (χ4n) is 3.64. The van der Waals surface area contributed by atoms with Crippen LogP contribution < -0.4 is 10.1 Å². The summed E-state index contributed by atoms with van der Waals surface area (Å²) in [6.45, 7) is 5.17. The van der Waals surface area contributed by atoms with Crippen molar-refractivity contribution >= 4 is 23.4 Å². The molecular weight excluding hydrogens is 394 g/mol. The molecule has 8 heteroatoms. The highest BCUT2D eigenvalue weighted by molar-refractivity contribution is 6.32. The number of aryl methyl sites for hydroxylation is 2. The Kier molecular flexibility index (Phi) is 5.50. The van der Waals surface area contributed by atoms with Crippen LogP contribution in [0.15, 0.2) is 22.7 Å². The maximum atomic E-state index is 12.3. The minimum Gasteiger partial charge on any atom is -0.486 e. The van der Waals surface area contributed by atoms with E-state index in [9.17, 15) is 9.59 Å². The number of benzene rings is 1.